The number of amides is 1. The molecule has 0 bridgehead atoms. The zero-order valence-electron chi connectivity index (χ0n) is 33.8. The standard InChI is InChI=1S/C39H32ClF10N7O5S2.ClH/c1-36(2,63(3,59)60)10-9-21-5-6-22(23-7-8-26(40)30-32(23)57(17-37(43,44)45)54-35(30)55-64(4,61)62)31(51-21)27(13-18-11-19(41)14-20(42)12-18)52-28(58)16-56-34-29(33(53-56)39(48,49)50)24-15-25(24)38(34,46)47;/h5-8,11-12,14,24-25,27H,13,15-17H2,1-4H3,(H,52,58)(H,54,55);1H/t24-,25+,27?;/m0./s1. The van der Waals surface area contributed by atoms with Crippen LogP contribution >= 0.6 is 24.0 Å². The van der Waals surface area contributed by atoms with E-state index in [-0.39, 0.29) is 62.0 Å². The van der Waals surface area contributed by atoms with E-state index in [0.717, 1.165) is 24.5 Å². The lowest BCUT2D eigenvalue weighted by atomic mass is 9.93. The molecule has 0 saturated heterocycles. The fourth-order valence-electron chi connectivity index (χ4n) is 7.52. The molecule has 12 nitrogen and oxygen atoms in total. The smallest absolute Gasteiger partial charge is 0.346 e. The van der Waals surface area contributed by atoms with Gasteiger partial charge in [0.05, 0.1) is 33.9 Å². The summed E-state index contributed by atoms with van der Waals surface area (Å²) in [6, 6.07) is 5.24. The number of halogens is 12. The first-order valence-electron chi connectivity index (χ1n) is 18.6. The first kappa shape index (κ1) is 49.3. The molecule has 26 heteroatoms. The van der Waals surface area contributed by atoms with Crippen molar-refractivity contribution in [1.82, 2.24) is 29.9 Å². The Bertz CT molecular complexity index is 3030. The molecule has 1 fully saturated rings. The molecule has 0 spiro atoms. The van der Waals surface area contributed by atoms with E-state index in [1.165, 1.54) is 32.0 Å². The van der Waals surface area contributed by atoms with E-state index in [1.54, 1.807) is 0 Å². The van der Waals surface area contributed by atoms with E-state index < -0.39 is 126 Å². The van der Waals surface area contributed by atoms with Gasteiger partial charge in [-0.2, -0.15) is 45.3 Å². The SMILES string of the molecule is CC(C)(C#Cc1ccc(-c2ccc(Cl)c3c(NS(C)(=O)=O)nn(CC(F)(F)F)c23)c(C(Cc2cc(F)cc(F)c2)NC(=O)Cn2nc(C(F)(F)F)c3c2C(F)(F)[C@@H]2C[C@H]32)n1)S(C)(=O)=O.Cl. The third-order valence-corrected chi connectivity index (χ3v) is 13.4. The van der Waals surface area contributed by atoms with Gasteiger partial charge < -0.3 is 5.32 Å². The molecule has 2 aliphatic rings. The summed E-state index contributed by atoms with van der Waals surface area (Å²) in [4.78, 5) is 18.5. The van der Waals surface area contributed by atoms with Gasteiger partial charge in [-0.15, -0.1) is 12.4 Å². The number of nitrogens with zero attached hydrogens (tertiary/aromatic N) is 5. The van der Waals surface area contributed by atoms with Crippen LogP contribution in [0.5, 0.6) is 0 Å². The minimum Gasteiger partial charge on any atom is -0.346 e. The summed E-state index contributed by atoms with van der Waals surface area (Å²) in [5.74, 6) is -5.43. The Kier molecular flexibility index (Phi) is 12.6. The fourth-order valence-corrected chi connectivity index (χ4v) is 8.50. The zero-order chi connectivity index (χ0) is 47.3. The van der Waals surface area contributed by atoms with Crippen LogP contribution in [0.1, 0.15) is 66.1 Å². The van der Waals surface area contributed by atoms with Crippen molar-refractivity contribution < 1.29 is 65.5 Å². The first-order chi connectivity index (χ1) is 29.3. The summed E-state index contributed by atoms with van der Waals surface area (Å²) in [6.45, 7) is -0.547. The van der Waals surface area contributed by atoms with Crippen molar-refractivity contribution in [2.45, 2.75) is 74.8 Å². The van der Waals surface area contributed by atoms with Crippen LogP contribution in [0.3, 0.4) is 0 Å². The van der Waals surface area contributed by atoms with Crippen molar-refractivity contribution in [3.8, 4) is 23.0 Å². The third-order valence-electron chi connectivity index (χ3n) is 10.6. The molecule has 3 atom stereocenters. The Balaban J connectivity index is 0.00000700. The number of sulfone groups is 1. The molecule has 1 amide bonds. The van der Waals surface area contributed by atoms with Crippen LogP contribution in [0.2, 0.25) is 5.02 Å². The number of hydrogen-bond acceptors (Lipinski definition) is 8. The number of fused-ring (bicyclic) bond motifs is 4. The molecule has 350 valence electrons. The molecule has 2 aromatic carbocycles. The van der Waals surface area contributed by atoms with E-state index in [1.807, 2.05) is 4.72 Å². The Labute approximate surface area is 374 Å². The minimum atomic E-state index is -5.19. The lowest BCUT2D eigenvalue weighted by molar-refractivity contribution is -0.142. The number of alkyl halides is 8. The molecule has 1 unspecified atom stereocenters. The van der Waals surface area contributed by atoms with Gasteiger partial charge in [0.1, 0.15) is 40.9 Å². The molecular weight excluding hydrogens is 971 g/mol. The van der Waals surface area contributed by atoms with Crippen LogP contribution < -0.4 is 10.0 Å². The molecule has 7 rings (SSSR count). The number of aromatic nitrogens is 5. The number of benzene rings is 2. The van der Waals surface area contributed by atoms with Crippen molar-refractivity contribution in [1.29, 1.82) is 0 Å². The van der Waals surface area contributed by atoms with E-state index in [2.05, 4.69) is 32.3 Å². The molecule has 2 aliphatic carbocycles. The van der Waals surface area contributed by atoms with Crippen molar-refractivity contribution in [2.24, 2.45) is 5.92 Å². The van der Waals surface area contributed by atoms with E-state index in [4.69, 9.17) is 11.6 Å². The van der Waals surface area contributed by atoms with Crippen molar-refractivity contribution in [3.05, 3.63) is 93.0 Å². The Hall–Kier alpha value is -5.12. The summed E-state index contributed by atoms with van der Waals surface area (Å²) in [5, 5.41) is 9.01. The third kappa shape index (κ3) is 10.0. The molecular formula is C39H33Cl2F10N7O5S2. The number of carbonyl (C=O) groups is 1. The number of carbonyl (C=O) groups excluding carboxylic acids is 1. The molecule has 3 aromatic heterocycles. The van der Waals surface area contributed by atoms with Crippen LogP contribution in [-0.4, -0.2) is 70.7 Å². The molecule has 2 N–H and O–H groups in total. The molecule has 0 aliphatic heterocycles. The summed E-state index contributed by atoms with van der Waals surface area (Å²) < 4.78 is 195. The molecule has 3 heterocycles. The molecule has 1 saturated carbocycles. The monoisotopic (exact) mass is 1000 g/mol. The van der Waals surface area contributed by atoms with Gasteiger partial charge in [0.25, 0.3) is 5.92 Å². The molecule has 65 heavy (non-hydrogen) atoms. The largest absolute Gasteiger partial charge is 0.435 e. The van der Waals surface area contributed by atoms with Gasteiger partial charge in [-0.1, -0.05) is 23.6 Å². The Morgan fingerprint density at radius 2 is 1.58 bits per heavy atom. The maximum Gasteiger partial charge on any atom is 0.435 e. The lowest BCUT2D eigenvalue weighted by Gasteiger charge is -2.23. The van der Waals surface area contributed by atoms with Crippen LogP contribution in [0.25, 0.3) is 22.0 Å². The molecule has 0 radical (unpaired) electrons. The summed E-state index contributed by atoms with van der Waals surface area (Å²) in [6.07, 6.45) is -9.46. The second-order valence-electron chi connectivity index (χ2n) is 15.9. The fraction of sp³-hybridized carbons (Fsp3) is 0.385. The van der Waals surface area contributed by atoms with Crippen LogP contribution in [0, 0.1) is 29.4 Å². The highest BCUT2D eigenvalue weighted by atomic mass is 35.5. The maximum atomic E-state index is 15.5. The highest BCUT2D eigenvalue weighted by Gasteiger charge is 2.68. The van der Waals surface area contributed by atoms with Crippen molar-refractivity contribution in [2.75, 3.05) is 17.2 Å². The topological polar surface area (TPSA) is 158 Å². The van der Waals surface area contributed by atoms with E-state index in [0.29, 0.717) is 17.0 Å². The highest BCUT2D eigenvalue weighted by molar-refractivity contribution is 7.92. The van der Waals surface area contributed by atoms with Gasteiger partial charge in [-0.3, -0.25) is 18.9 Å². The second-order valence-corrected chi connectivity index (χ2v) is 20.6. The lowest BCUT2D eigenvalue weighted by Crippen LogP contribution is -2.35. The van der Waals surface area contributed by atoms with E-state index in [9.17, 15) is 56.8 Å². The number of sulfonamides is 1. The van der Waals surface area contributed by atoms with Gasteiger partial charge in [-0.05, 0) is 74.4 Å². The summed E-state index contributed by atoms with van der Waals surface area (Å²) in [5.41, 5.74) is -5.17. The number of hydrogen-bond donors (Lipinski definition) is 2. The Morgan fingerprint density at radius 1 is 0.954 bits per heavy atom. The normalized spacial score (nSPS) is 17.4. The minimum absolute atomic E-state index is 0. The number of nitrogens with one attached hydrogen (secondary N) is 2. The van der Waals surface area contributed by atoms with Gasteiger partial charge in [0.2, 0.25) is 15.9 Å². The van der Waals surface area contributed by atoms with Crippen LogP contribution in [-0.2, 0) is 56.3 Å². The summed E-state index contributed by atoms with van der Waals surface area (Å²) in [7, 11) is -8.06. The maximum absolute atomic E-state index is 15.5. The average Bonchev–Trinajstić information content (AvgIpc) is 3.66. The Morgan fingerprint density at radius 3 is 2.17 bits per heavy atom. The van der Waals surface area contributed by atoms with Crippen LogP contribution in [0.15, 0.2) is 42.5 Å². The summed E-state index contributed by atoms with van der Waals surface area (Å²) >= 11 is 6.46. The number of anilines is 1. The predicted octanol–water partition coefficient (Wildman–Crippen LogP) is 8.08. The quantitative estimate of drug-likeness (QED) is 0.0994. The van der Waals surface area contributed by atoms with Gasteiger partial charge in [-0.25, -0.2) is 30.6 Å². The zero-order valence-corrected chi connectivity index (χ0v) is 37.0. The second kappa shape index (κ2) is 16.6. The van der Waals surface area contributed by atoms with Gasteiger partial charge in [0, 0.05) is 34.9 Å². The highest BCUT2D eigenvalue weighted by Crippen LogP contribution is 2.68. The first-order valence-corrected chi connectivity index (χ1v) is 22.8. The number of pyridine rings is 1. The van der Waals surface area contributed by atoms with E-state index >= 15 is 8.78 Å². The van der Waals surface area contributed by atoms with Crippen molar-refractivity contribution in [3.63, 3.8) is 0 Å². The van der Waals surface area contributed by atoms with Crippen LogP contribution in [0.4, 0.5) is 49.7 Å². The predicted molar refractivity (Wildman–Crippen MR) is 218 cm³/mol. The number of rotatable bonds is 11. The average molecular weight is 1000 g/mol. The van der Waals surface area contributed by atoms with Crippen molar-refractivity contribution >= 4 is 66.5 Å². The van der Waals surface area contributed by atoms with Gasteiger partial charge >= 0.3 is 12.4 Å². The molecule has 5 aromatic rings. The van der Waals surface area contributed by atoms with Gasteiger partial charge in [0.15, 0.2) is 21.3 Å².